The zero-order valence-electron chi connectivity index (χ0n) is 7.17. The van der Waals surface area contributed by atoms with Crippen LogP contribution in [0.15, 0.2) is 21.5 Å². The van der Waals surface area contributed by atoms with Crippen LogP contribution in [0.25, 0.3) is 0 Å². The van der Waals surface area contributed by atoms with Gasteiger partial charge in [-0.1, -0.05) is 22.0 Å². The average molecular weight is 373 g/mol. The summed E-state index contributed by atoms with van der Waals surface area (Å²) in [6.07, 6.45) is 0. The largest absolute Gasteiger partial charge is 0.263 e. The summed E-state index contributed by atoms with van der Waals surface area (Å²) in [6.45, 7) is 0. The van der Waals surface area contributed by atoms with E-state index >= 15 is 0 Å². The molecule has 1 aromatic rings. The van der Waals surface area contributed by atoms with Gasteiger partial charge in [-0.2, -0.15) is 5.26 Å². The van der Waals surface area contributed by atoms with Crippen LogP contribution in [0.5, 0.6) is 0 Å². The lowest BCUT2D eigenvalue weighted by Gasteiger charge is -2.06. The number of rotatable bonds is 2. The quantitative estimate of drug-likeness (QED) is 0.591. The van der Waals surface area contributed by atoms with Gasteiger partial charge in [-0.15, -0.1) is 0 Å². The number of hydrogen-bond donors (Lipinski definition) is 0. The second-order valence-electron chi connectivity index (χ2n) is 2.59. The van der Waals surface area contributed by atoms with Crippen molar-refractivity contribution < 1.29 is 8.42 Å². The molecule has 3 nitrogen and oxygen atoms in total. The third kappa shape index (κ3) is 2.72. The summed E-state index contributed by atoms with van der Waals surface area (Å²) in [5.41, 5.74) is 0.649. The SMILES string of the molecule is N#Cc1c(CBr)ccc(Br)c1S(=O)(=O)Cl. The Balaban J connectivity index is 3.71. The van der Waals surface area contributed by atoms with Gasteiger partial charge in [0.15, 0.2) is 0 Å². The summed E-state index contributed by atoms with van der Waals surface area (Å²) in [5, 5.41) is 9.29. The van der Waals surface area contributed by atoms with Crippen LogP contribution < -0.4 is 0 Å². The van der Waals surface area contributed by atoms with Gasteiger partial charge in [0.1, 0.15) is 11.0 Å². The third-order valence-corrected chi connectivity index (χ3v) is 4.60. The number of benzene rings is 1. The van der Waals surface area contributed by atoms with Crippen LogP contribution in [0, 0.1) is 11.3 Å². The summed E-state index contributed by atoms with van der Waals surface area (Å²) < 4.78 is 22.8. The number of halogens is 3. The first-order valence-corrected chi connectivity index (χ1v) is 7.86. The van der Waals surface area contributed by atoms with Crippen molar-refractivity contribution in [1.82, 2.24) is 0 Å². The highest BCUT2D eigenvalue weighted by Gasteiger charge is 2.21. The van der Waals surface area contributed by atoms with E-state index in [1.165, 1.54) is 0 Å². The number of alkyl halides is 1. The lowest BCUT2D eigenvalue weighted by Crippen LogP contribution is -2.00. The molecule has 0 aliphatic rings. The first-order valence-electron chi connectivity index (χ1n) is 3.64. The molecule has 1 aromatic carbocycles. The fraction of sp³-hybridized carbons (Fsp3) is 0.125. The summed E-state index contributed by atoms with van der Waals surface area (Å²) >= 11 is 6.23. The van der Waals surface area contributed by atoms with Gasteiger partial charge in [-0.3, -0.25) is 0 Å². The van der Waals surface area contributed by atoms with Crippen molar-refractivity contribution in [3.63, 3.8) is 0 Å². The maximum Gasteiger partial charge on any atom is 0.263 e. The number of nitriles is 1. The molecule has 0 saturated heterocycles. The molecule has 0 unspecified atom stereocenters. The van der Waals surface area contributed by atoms with Crippen LogP contribution in [0.1, 0.15) is 11.1 Å². The predicted molar refractivity (Wildman–Crippen MR) is 64.5 cm³/mol. The Morgan fingerprint density at radius 2 is 2.07 bits per heavy atom. The van der Waals surface area contributed by atoms with Crippen molar-refractivity contribution in [2.45, 2.75) is 10.2 Å². The van der Waals surface area contributed by atoms with Crippen molar-refractivity contribution in [2.24, 2.45) is 0 Å². The van der Waals surface area contributed by atoms with E-state index in [9.17, 15) is 8.42 Å². The normalized spacial score (nSPS) is 11.1. The van der Waals surface area contributed by atoms with Crippen LogP contribution in [0.3, 0.4) is 0 Å². The Kier molecular flexibility index (Phi) is 4.18. The molecule has 0 N–H and O–H groups in total. The van der Waals surface area contributed by atoms with Gasteiger partial charge in [0, 0.05) is 20.5 Å². The average Bonchev–Trinajstić information content (AvgIpc) is 2.15. The molecule has 7 heteroatoms. The molecule has 0 fully saturated rings. The van der Waals surface area contributed by atoms with Crippen LogP contribution in [-0.4, -0.2) is 8.42 Å². The predicted octanol–water partition coefficient (Wildman–Crippen LogP) is 3.14. The van der Waals surface area contributed by atoms with Gasteiger partial charge in [0.25, 0.3) is 9.05 Å². The van der Waals surface area contributed by atoms with Crippen molar-refractivity contribution >= 4 is 51.6 Å². The maximum absolute atomic E-state index is 11.3. The fourth-order valence-electron chi connectivity index (χ4n) is 1.07. The summed E-state index contributed by atoms with van der Waals surface area (Å²) in [6, 6.07) is 5.04. The van der Waals surface area contributed by atoms with Crippen LogP contribution in [0.2, 0.25) is 0 Å². The Hall–Kier alpha value is -0.0900. The number of hydrogen-bond acceptors (Lipinski definition) is 3. The van der Waals surface area contributed by atoms with E-state index in [4.69, 9.17) is 15.9 Å². The van der Waals surface area contributed by atoms with E-state index in [0.717, 1.165) is 0 Å². The topological polar surface area (TPSA) is 57.9 Å². The Bertz CT molecular complexity index is 536. The van der Waals surface area contributed by atoms with Crippen LogP contribution >= 0.6 is 42.5 Å². The van der Waals surface area contributed by atoms with Crippen LogP contribution in [0.4, 0.5) is 0 Å². The molecule has 0 radical (unpaired) electrons. The summed E-state index contributed by atoms with van der Waals surface area (Å²) in [4.78, 5) is -0.177. The smallest absolute Gasteiger partial charge is 0.207 e. The molecular weight excluding hydrogens is 369 g/mol. The maximum atomic E-state index is 11.3. The van der Waals surface area contributed by atoms with Gasteiger partial charge in [-0.05, 0) is 27.6 Å². The molecule has 0 aromatic heterocycles. The molecule has 0 atom stereocenters. The minimum atomic E-state index is -3.93. The lowest BCUT2D eigenvalue weighted by atomic mass is 10.1. The zero-order chi connectivity index (χ0) is 11.6. The van der Waals surface area contributed by atoms with Crippen molar-refractivity contribution in [1.29, 1.82) is 5.26 Å². The van der Waals surface area contributed by atoms with E-state index in [1.54, 1.807) is 12.1 Å². The molecule has 0 bridgehead atoms. The lowest BCUT2D eigenvalue weighted by molar-refractivity contribution is 0.609. The van der Waals surface area contributed by atoms with Gasteiger partial charge in [-0.25, -0.2) is 8.42 Å². The molecular formula is C8H4Br2ClNO2S. The molecule has 0 aliphatic carbocycles. The molecule has 15 heavy (non-hydrogen) atoms. The minimum absolute atomic E-state index is 0.0660. The van der Waals surface area contributed by atoms with Gasteiger partial charge < -0.3 is 0 Å². The molecule has 0 saturated carbocycles. The van der Waals surface area contributed by atoms with Crippen molar-refractivity contribution in [3.05, 3.63) is 27.7 Å². The zero-order valence-corrected chi connectivity index (χ0v) is 11.9. The van der Waals surface area contributed by atoms with E-state index in [-0.39, 0.29) is 10.5 Å². The van der Waals surface area contributed by atoms with Gasteiger partial charge in [0.05, 0.1) is 5.56 Å². The highest BCUT2D eigenvalue weighted by molar-refractivity contribution is 9.10. The highest BCUT2D eigenvalue weighted by atomic mass is 79.9. The summed E-state index contributed by atoms with van der Waals surface area (Å²) in [5.74, 6) is 0. The molecule has 0 aliphatic heterocycles. The van der Waals surface area contributed by atoms with E-state index in [0.29, 0.717) is 15.4 Å². The first-order chi connectivity index (χ1) is 6.91. The Morgan fingerprint density at radius 3 is 2.47 bits per heavy atom. The van der Waals surface area contributed by atoms with E-state index in [2.05, 4.69) is 31.9 Å². The van der Waals surface area contributed by atoms with Crippen molar-refractivity contribution in [3.8, 4) is 6.07 Å². The monoisotopic (exact) mass is 371 g/mol. The molecule has 1 rings (SSSR count). The first kappa shape index (κ1) is 13.0. The molecule has 0 heterocycles. The molecule has 0 amide bonds. The van der Waals surface area contributed by atoms with Gasteiger partial charge >= 0.3 is 0 Å². The Labute approximate surface area is 109 Å². The van der Waals surface area contributed by atoms with Crippen molar-refractivity contribution in [2.75, 3.05) is 0 Å². The summed E-state index contributed by atoms with van der Waals surface area (Å²) in [7, 11) is 1.33. The van der Waals surface area contributed by atoms with E-state index < -0.39 is 9.05 Å². The number of nitrogens with zero attached hydrogens (tertiary/aromatic N) is 1. The molecule has 80 valence electrons. The third-order valence-electron chi connectivity index (χ3n) is 1.70. The van der Waals surface area contributed by atoms with Crippen LogP contribution in [-0.2, 0) is 14.4 Å². The minimum Gasteiger partial charge on any atom is -0.207 e. The highest BCUT2D eigenvalue weighted by Crippen LogP contribution is 2.31. The van der Waals surface area contributed by atoms with Gasteiger partial charge in [0.2, 0.25) is 0 Å². The standard InChI is InChI=1S/C8H4Br2ClNO2S/c9-3-5-1-2-7(10)8(6(5)4-12)15(11,13)14/h1-2H,3H2. The second-order valence-corrected chi connectivity index (χ2v) is 6.51. The second kappa shape index (κ2) is 4.83. The molecule has 0 spiro atoms. The fourth-order valence-corrected chi connectivity index (χ4v) is 3.99. The Morgan fingerprint density at radius 1 is 1.47 bits per heavy atom. The van der Waals surface area contributed by atoms with E-state index in [1.807, 2.05) is 6.07 Å².